The van der Waals surface area contributed by atoms with Crippen LogP contribution in [0.5, 0.6) is 0 Å². The molecule has 36 heavy (non-hydrogen) atoms. The number of carbonyl (C=O) groups is 2. The van der Waals surface area contributed by atoms with Crippen molar-refractivity contribution in [1.29, 1.82) is 0 Å². The number of likely N-dealkylation sites (tertiary alicyclic amines) is 1. The van der Waals surface area contributed by atoms with Gasteiger partial charge in [0, 0.05) is 31.6 Å². The fourth-order valence-electron chi connectivity index (χ4n) is 9.61. The molecule has 0 radical (unpaired) electrons. The molecule has 8 atom stereocenters. The lowest BCUT2D eigenvalue weighted by Gasteiger charge is -2.58. The van der Waals surface area contributed by atoms with Gasteiger partial charge >= 0.3 is 6.09 Å². The fraction of sp³-hybridized carbons (Fsp3) is 0.677. The molecule has 0 unspecified atom stereocenters. The Kier molecular flexibility index (Phi) is 5.86. The summed E-state index contributed by atoms with van der Waals surface area (Å²) in [5.41, 5.74) is 2.79. The number of rotatable bonds is 2. The number of ether oxygens (including phenoxy) is 1. The quantitative estimate of drug-likeness (QED) is 0.466. The normalized spacial score (nSPS) is 41.4. The number of benzene rings is 1. The first-order chi connectivity index (χ1) is 17.2. The molecule has 5 nitrogen and oxygen atoms in total. The van der Waals surface area contributed by atoms with E-state index >= 15 is 0 Å². The first kappa shape index (κ1) is 24.2. The number of hydrogen-bond acceptors (Lipinski definition) is 4. The van der Waals surface area contributed by atoms with Gasteiger partial charge in [-0.3, -0.25) is 4.79 Å². The van der Waals surface area contributed by atoms with Gasteiger partial charge in [-0.25, -0.2) is 9.69 Å². The summed E-state index contributed by atoms with van der Waals surface area (Å²) in [4.78, 5) is 29.3. The molecule has 5 heteroatoms. The molecule has 0 aromatic heterocycles. The average Bonchev–Trinajstić information content (AvgIpc) is 3.37. The van der Waals surface area contributed by atoms with Crippen molar-refractivity contribution in [1.82, 2.24) is 9.80 Å². The Morgan fingerprint density at radius 3 is 2.56 bits per heavy atom. The summed E-state index contributed by atoms with van der Waals surface area (Å²) in [6, 6.07) is 9.66. The molecule has 0 N–H and O–H groups in total. The van der Waals surface area contributed by atoms with Crippen molar-refractivity contribution < 1.29 is 14.3 Å². The Hall–Kier alpha value is -2.14. The smallest absolute Gasteiger partial charge is 0.416 e. The van der Waals surface area contributed by atoms with Crippen LogP contribution in [0.2, 0.25) is 0 Å². The Morgan fingerprint density at radius 1 is 1.03 bits per heavy atom. The first-order valence-corrected chi connectivity index (χ1v) is 14.2. The standard InChI is InChI=1S/C31H42N2O3/c1-20-25-12-13-27-24-11-10-22-18-23(36-29(35)33(4)28(34)21-8-6-5-7-9-21)14-16-30(22,2)26(24)15-17-31(25,27)19-32(20)3/h5-10,20,23-27H,11-19H2,1-4H3/t20-,23-,24+,25+,26-,27-,30-,31-/m0/s1. The summed E-state index contributed by atoms with van der Waals surface area (Å²) >= 11 is 0. The molecular formula is C31H42N2O3. The predicted molar refractivity (Wildman–Crippen MR) is 140 cm³/mol. The van der Waals surface area contributed by atoms with Gasteiger partial charge in [0.25, 0.3) is 5.91 Å². The second-order valence-corrected chi connectivity index (χ2v) is 12.8. The molecule has 2 amide bonds. The van der Waals surface area contributed by atoms with Crippen LogP contribution in [0.25, 0.3) is 0 Å². The molecule has 1 aromatic rings. The van der Waals surface area contributed by atoms with E-state index in [1.54, 1.807) is 12.1 Å². The summed E-state index contributed by atoms with van der Waals surface area (Å²) in [5.74, 6) is 3.00. The lowest BCUT2D eigenvalue weighted by atomic mass is 9.47. The van der Waals surface area contributed by atoms with E-state index in [0.29, 0.717) is 11.0 Å². The van der Waals surface area contributed by atoms with Gasteiger partial charge < -0.3 is 9.64 Å². The summed E-state index contributed by atoms with van der Waals surface area (Å²) in [6.07, 6.45) is 11.4. The van der Waals surface area contributed by atoms with E-state index in [1.165, 1.54) is 51.3 Å². The number of carbonyl (C=O) groups excluding carboxylic acids is 2. The van der Waals surface area contributed by atoms with Crippen LogP contribution < -0.4 is 0 Å². The van der Waals surface area contributed by atoms with Gasteiger partial charge in [-0.05, 0) is 106 Å². The lowest BCUT2D eigenvalue weighted by Crippen LogP contribution is -2.52. The second kappa shape index (κ2) is 8.72. The minimum Gasteiger partial charge on any atom is -0.445 e. The van der Waals surface area contributed by atoms with E-state index in [-0.39, 0.29) is 17.4 Å². The molecule has 1 saturated heterocycles. The molecule has 5 aliphatic rings. The van der Waals surface area contributed by atoms with Gasteiger partial charge in [0.15, 0.2) is 0 Å². The van der Waals surface area contributed by atoms with Crippen molar-refractivity contribution in [2.24, 2.45) is 34.5 Å². The van der Waals surface area contributed by atoms with Gasteiger partial charge in [0.05, 0.1) is 0 Å². The van der Waals surface area contributed by atoms with E-state index < -0.39 is 6.09 Å². The molecule has 6 rings (SSSR count). The van der Waals surface area contributed by atoms with Crippen LogP contribution in [0.15, 0.2) is 42.0 Å². The van der Waals surface area contributed by atoms with Gasteiger partial charge in [-0.15, -0.1) is 0 Å². The monoisotopic (exact) mass is 490 g/mol. The third kappa shape index (κ3) is 3.52. The number of hydrogen-bond donors (Lipinski definition) is 0. The Bertz CT molecular complexity index is 1070. The third-order valence-corrected chi connectivity index (χ3v) is 11.5. The molecule has 1 spiro atoms. The SMILES string of the molecule is C[C@H]1[C@H]2CC[C@H]3[C@@H]4CC=C5C[C@@H](OC(=O)N(C)C(=O)c6ccccc6)CC[C@]5(C)[C@H]4CC[C@]23CN1C. The minimum absolute atomic E-state index is 0.144. The van der Waals surface area contributed by atoms with E-state index in [0.717, 1.165) is 53.9 Å². The molecule has 1 heterocycles. The summed E-state index contributed by atoms with van der Waals surface area (Å²) in [6.45, 7) is 6.27. The Balaban J connectivity index is 1.14. The fourth-order valence-corrected chi connectivity index (χ4v) is 9.61. The summed E-state index contributed by atoms with van der Waals surface area (Å²) in [5, 5.41) is 0. The van der Waals surface area contributed by atoms with Crippen molar-refractivity contribution in [3.63, 3.8) is 0 Å². The Morgan fingerprint density at radius 2 is 1.78 bits per heavy atom. The van der Waals surface area contributed by atoms with Gasteiger partial charge in [0.2, 0.25) is 0 Å². The molecule has 194 valence electrons. The topological polar surface area (TPSA) is 49.9 Å². The lowest BCUT2D eigenvalue weighted by molar-refractivity contribution is -0.0499. The zero-order valence-corrected chi connectivity index (χ0v) is 22.4. The second-order valence-electron chi connectivity index (χ2n) is 12.8. The van der Waals surface area contributed by atoms with E-state index in [4.69, 9.17) is 4.74 Å². The highest BCUT2D eigenvalue weighted by molar-refractivity contribution is 6.02. The highest BCUT2D eigenvalue weighted by atomic mass is 16.6. The van der Waals surface area contributed by atoms with E-state index in [9.17, 15) is 9.59 Å². The van der Waals surface area contributed by atoms with Crippen molar-refractivity contribution in [2.45, 2.75) is 77.4 Å². The number of amides is 2. The van der Waals surface area contributed by atoms with E-state index in [2.05, 4.69) is 31.9 Å². The zero-order valence-electron chi connectivity index (χ0n) is 22.4. The van der Waals surface area contributed by atoms with Gasteiger partial charge in [-0.2, -0.15) is 0 Å². The van der Waals surface area contributed by atoms with Crippen molar-refractivity contribution in [3.05, 3.63) is 47.5 Å². The zero-order chi connectivity index (χ0) is 25.2. The minimum atomic E-state index is -0.539. The van der Waals surface area contributed by atoms with Gasteiger partial charge in [0.1, 0.15) is 6.10 Å². The van der Waals surface area contributed by atoms with Crippen LogP contribution in [-0.2, 0) is 4.74 Å². The molecule has 3 saturated carbocycles. The molecule has 0 bridgehead atoms. The summed E-state index contributed by atoms with van der Waals surface area (Å²) < 4.78 is 5.89. The number of imide groups is 1. The van der Waals surface area contributed by atoms with Crippen LogP contribution in [-0.4, -0.2) is 54.6 Å². The van der Waals surface area contributed by atoms with Crippen molar-refractivity contribution >= 4 is 12.0 Å². The molecular weight excluding hydrogens is 448 g/mol. The molecule has 1 aliphatic heterocycles. The number of fused-ring (bicyclic) bond motifs is 4. The van der Waals surface area contributed by atoms with Crippen molar-refractivity contribution in [3.8, 4) is 0 Å². The number of allylic oxidation sites excluding steroid dienone is 1. The Labute approximate surface area is 216 Å². The van der Waals surface area contributed by atoms with E-state index in [1.807, 2.05) is 18.2 Å². The maximum absolute atomic E-state index is 12.8. The third-order valence-electron chi connectivity index (χ3n) is 11.5. The highest BCUT2D eigenvalue weighted by Crippen LogP contribution is 2.68. The van der Waals surface area contributed by atoms with Crippen LogP contribution in [0.1, 0.15) is 75.6 Å². The van der Waals surface area contributed by atoms with Crippen LogP contribution in [0.3, 0.4) is 0 Å². The van der Waals surface area contributed by atoms with Crippen LogP contribution in [0.4, 0.5) is 4.79 Å². The van der Waals surface area contributed by atoms with Crippen molar-refractivity contribution in [2.75, 3.05) is 20.6 Å². The molecule has 4 fully saturated rings. The van der Waals surface area contributed by atoms with Crippen LogP contribution >= 0.6 is 0 Å². The number of nitrogens with zero attached hydrogens (tertiary/aromatic N) is 2. The maximum Gasteiger partial charge on any atom is 0.416 e. The van der Waals surface area contributed by atoms with Crippen LogP contribution in [0, 0.1) is 34.5 Å². The largest absolute Gasteiger partial charge is 0.445 e. The maximum atomic E-state index is 12.8. The molecule has 4 aliphatic carbocycles. The molecule has 1 aromatic carbocycles. The highest BCUT2D eigenvalue weighted by Gasteiger charge is 2.64. The summed E-state index contributed by atoms with van der Waals surface area (Å²) in [7, 11) is 3.86. The van der Waals surface area contributed by atoms with Gasteiger partial charge in [-0.1, -0.05) is 36.8 Å². The average molecular weight is 491 g/mol. The predicted octanol–water partition coefficient (Wildman–Crippen LogP) is 6.16. The first-order valence-electron chi connectivity index (χ1n) is 14.2.